The Kier molecular flexibility index (Phi) is 7.01. The van der Waals surface area contributed by atoms with Gasteiger partial charge in [-0.15, -0.1) is 0 Å². The van der Waals surface area contributed by atoms with Gasteiger partial charge in [0.05, 0.1) is 0 Å². The van der Waals surface area contributed by atoms with Crippen molar-refractivity contribution < 1.29 is 13.9 Å². The van der Waals surface area contributed by atoms with Crippen LogP contribution in [0.25, 0.3) is 11.1 Å². The highest BCUT2D eigenvalue weighted by Gasteiger charge is 2.21. The van der Waals surface area contributed by atoms with E-state index in [0.29, 0.717) is 17.9 Å². The molecule has 0 bridgehead atoms. The summed E-state index contributed by atoms with van der Waals surface area (Å²) in [6, 6.07) is 11.0. The van der Waals surface area contributed by atoms with E-state index in [0.717, 1.165) is 11.5 Å². The van der Waals surface area contributed by atoms with Crippen molar-refractivity contribution in [2.75, 3.05) is 6.61 Å². The lowest BCUT2D eigenvalue weighted by atomic mass is 9.77. The highest BCUT2D eigenvalue weighted by atomic mass is 19.1. The average Bonchev–Trinajstić information content (AvgIpc) is 2.68. The molecule has 3 rings (SSSR count). The minimum Gasteiger partial charge on any atom is -0.396 e. The minimum absolute atomic E-state index is 0.0632. The van der Waals surface area contributed by atoms with Gasteiger partial charge in [0.25, 0.3) is 0 Å². The first-order valence-electron chi connectivity index (χ1n) is 10.3. The molecule has 0 aliphatic heterocycles. The Labute approximate surface area is 161 Å². The maximum Gasteiger partial charge on any atom is 0.129 e. The summed E-state index contributed by atoms with van der Waals surface area (Å²) < 4.78 is 28.5. The first-order valence-corrected chi connectivity index (χ1v) is 10.3. The van der Waals surface area contributed by atoms with E-state index in [1.165, 1.54) is 56.2 Å². The van der Waals surface area contributed by atoms with Crippen molar-refractivity contribution in [2.24, 2.45) is 5.92 Å². The summed E-state index contributed by atoms with van der Waals surface area (Å²) in [5.41, 5.74) is 2.81. The lowest BCUT2D eigenvalue weighted by Crippen LogP contribution is -2.13. The lowest BCUT2D eigenvalue weighted by molar-refractivity contribution is 0.287. The monoisotopic (exact) mass is 372 g/mol. The van der Waals surface area contributed by atoms with Crippen molar-refractivity contribution in [1.82, 2.24) is 0 Å². The second-order valence-corrected chi connectivity index (χ2v) is 7.87. The summed E-state index contributed by atoms with van der Waals surface area (Å²) in [5.74, 6) is 0.441. The number of hydrogen-bond donors (Lipinski definition) is 1. The van der Waals surface area contributed by atoms with Gasteiger partial charge in [-0.3, -0.25) is 0 Å². The number of aliphatic hydroxyl groups is 1. The summed E-state index contributed by atoms with van der Waals surface area (Å²) in [6.45, 7) is 2.19. The molecule has 1 nitrogen and oxygen atoms in total. The van der Waals surface area contributed by atoms with Crippen LogP contribution >= 0.6 is 0 Å². The van der Waals surface area contributed by atoms with Gasteiger partial charge in [-0.25, -0.2) is 8.78 Å². The van der Waals surface area contributed by atoms with Crippen molar-refractivity contribution in [3.63, 3.8) is 0 Å². The normalized spacial score (nSPS) is 20.0. The molecule has 1 saturated carbocycles. The molecule has 0 unspecified atom stereocenters. The van der Waals surface area contributed by atoms with Crippen LogP contribution in [0.4, 0.5) is 8.78 Å². The van der Waals surface area contributed by atoms with E-state index < -0.39 is 11.6 Å². The van der Waals surface area contributed by atoms with Gasteiger partial charge in [-0.1, -0.05) is 44.0 Å². The quantitative estimate of drug-likeness (QED) is 0.578. The summed E-state index contributed by atoms with van der Waals surface area (Å²) in [4.78, 5) is 0. The van der Waals surface area contributed by atoms with Crippen molar-refractivity contribution >= 4 is 0 Å². The molecule has 27 heavy (non-hydrogen) atoms. The molecule has 3 heteroatoms. The standard InChI is InChI=1S/C24H30F2O/c1-2-4-17-6-8-18(9-7-17)19-10-12-20(13-11-19)21-15-23(25)22(5-3-14-27)24(26)16-21/h10-13,15-18,27H,2-9,14H2,1H3. The summed E-state index contributed by atoms with van der Waals surface area (Å²) in [5, 5.41) is 8.87. The van der Waals surface area contributed by atoms with Gasteiger partial charge < -0.3 is 5.11 Å². The molecule has 0 spiro atoms. The van der Waals surface area contributed by atoms with E-state index in [9.17, 15) is 8.78 Å². The largest absolute Gasteiger partial charge is 0.396 e. The SMILES string of the molecule is CCCC1CCC(c2ccc(-c3cc(F)c(CCCO)c(F)c3)cc2)CC1. The van der Waals surface area contributed by atoms with Crippen LogP contribution in [-0.4, -0.2) is 11.7 Å². The topological polar surface area (TPSA) is 20.2 Å². The maximum atomic E-state index is 14.3. The van der Waals surface area contributed by atoms with E-state index in [1.807, 2.05) is 12.1 Å². The molecule has 0 heterocycles. The van der Waals surface area contributed by atoms with E-state index in [2.05, 4.69) is 19.1 Å². The Morgan fingerprint density at radius 1 is 0.926 bits per heavy atom. The predicted molar refractivity (Wildman–Crippen MR) is 107 cm³/mol. The highest BCUT2D eigenvalue weighted by Crippen LogP contribution is 2.38. The smallest absolute Gasteiger partial charge is 0.129 e. The predicted octanol–water partition coefficient (Wildman–Crippen LogP) is 6.63. The van der Waals surface area contributed by atoms with E-state index >= 15 is 0 Å². The summed E-state index contributed by atoms with van der Waals surface area (Å²) in [6.07, 6.45) is 8.31. The van der Waals surface area contributed by atoms with Crippen LogP contribution in [0.3, 0.4) is 0 Å². The maximum absolute atomic E-state index is 14.3. The molecule has 146 valence electrons. The Bertz CT molecular complexity index is 708. The lowest BCUT2D eigenvalue weighted by Gasteiger charge is -2.28. The molecule has 0 amide bonds. The number of aliphatic hydroxyl groups excluding tert-OH is 1. The highest BCUT2D eigenvalue weighted by molar-refractivity contribution is 5.64. The fourth-order valence-corrected chi connectivity index (χ4v) is 4.40. The molecule has 2 aromatic carbocycles. The van der Waals surface area contributed by atoms with Gasteiger partial charge >= 0.3 is 0 Å². The summed E-state index contributed by atoms with van der Waals surface area (Å²) >= 11 is 0. The molecule has 1 aliphatic rings. The Morgan fingerprint density at radius 2 is 1.56 bits per heavy atom. The Morgan fingerprint density at radius 3 is 2.11 bits per heavy atom. The average molecular weight is 372 g/mol. The number of halogens is 2. The minimum atomic E-state index is -0.531. The van der Waals surface area contributed by atoms with Crippen LogP contribution in [0.2, 0.25) is 0 Å². The first-order chi connectivity index (χ1) is 13.1. The number of hydrogen-bond acceptors (Lipinski definition) is 1. The van der Waals surface area contributed by atoms with Crippen LogP contribution in [0.5, 0.6) is 0 Å². The molecule has 0 aromatic heterocycles. The molecule has 1 aliphatic carbocycles. The zero-order valence-electron chi connectivity index (χ0n) is 16.2. The second-order valence-electron chi connectivity index (χ2n) is 7.87. The van der Waals surface area contributed by atoms with E-state index in [1.54, 1.807) is 0 Å². The van der Waals surface area contributed by atoms with E-state index in [4.69, 9.17) is 5.11 Å². The zero-order chi connectivity index (χ0) is 19.2. The van der Waals surface area contributed by atoms with Crippen LogP contribution in [0, 0.1) is 17.6 Å². The van der Waals surface area contributed by atoms with Gasteiger partial charge in [0, 0.05) is 12.2 Å². The van der Waals surface area contributed by atoms with Crippen LogP contribution < -0.4 is 0 Å². The fourth-order valence-electron chi connectivity index (χ4n) is 4.40. The number of rotatable bonds is 7. The van der Waals surface area contributed by atoms with Crippen molar-refractivity contribution in [3.05, 3.63) is 59.2 Å². The van der Waals surface area contributed by atoms with Crippen molar-refractivity contribution in [3.8, 4) is 11.1 Å². The third-order valence-electron chi connectivity index (χ3n) is 5.99. The zero-order valence-corrected chi connectivity index (χ0v) is 16.2. The summed E-state index contributed by atoms with van der Waals surface area (Å²) in [7, 11) is 0. The van der Waals surface area contributed by atoms with Gasteiger partial charge in [0.2, 0.25) is 0 Å². The molecule has 1 N–H and O–H groups in total. The van der Waals surface area contributed by atoms with E-state index in [-0.39, 0.29) is 18.6 Å². The third-order valence-corrected chi connectivity index (χ3v) is 5.99. The molecule has 0 radical (unpaired) electrons. The van der Waals surface area contributed by atoms with Crippen LogP contribution in [-0.2, 0) is 6.42 Å². The second kappa shape index (κ2) is 9.45. The Balaban J connectivity index is 1.70. The fraction of sp³-hybridized carbons (Fsp3) is 0.500. The molecular formula is C24H30F2O. The number of benzene rings is 2. The molecule has 0 saturated heterocycles. The molecule has 1 fully saturated rings. The van der Waals surface area contributed by atoms with Crippen molar-refractivity contribution in [1.29, 1.82) is 0 Å². The Hall–Kier alpha value is -1.74. The van der Waals surface area contributed by atoms with Crippen molar-refractivity contribution in [2.45, 2.75) is 64.2 Å². The van der Waals surface area contributed by atoms with Gasteiger partial charge in [0.15, 0.2) is 0 Å². The van der Waals surface area contributed by atoms with Crippen LogP contribution in [0.1, 0.15) is 68.9 Å². The molecular weight excluding hydrogens is 342 g/mol. The molecule has 2 aromatic rings. The third kappa shape index (κ3) is 4.95. The first kappa shape index (κ1) is 20.0. The van der Waals surface area contributed by atoms with Crippen LogP contribution in [0.15, 0.2) is 36.4 Å². The van der Waals surface area contributed by atoms with Gasteiger partial charge in [-0.05, 0) is 79.2 Å². The molecule has 0 atom stereocenters. The van der Waals surface area contributed by atoms with Gasteiger partial charge in [-0.2, -0.15) is 0 Å². The van der Waals surface area contributed by atoms with Gasteiger partial charge in [0.1, 0.15) is 11.6 Å².